The van der Waals surface area contributed by atoms with E-state index in [1.807, 2.05) is 6.07 Å². The van der Waals surface area contributed by atoms with Crippen LogP contribution in [0.4, 0.5) is 0 Å². The van der Waals surface area contributed by atoms with E-state index in [4.69, 9.17) is 10.5 Å². The minimum absolute atomic E-state index is 0.288. The molecule has 1 atom stereocenters. The fraction of sp³-hybridized carbons (Fsp3) is 0.538. The molecule has 82 valence electrons. The second-order valence-electron chi connectivity index (χ2n) is 4.30. The Bertz CT molecular complexity index is 280. The summed E-state index contributed by atoms with van der Waals surface area (Å²) in [5.41, 5.74) is 7.57. The molecule has 1 unspecified atom stereocenters. The van der Waals surface area contributed by atoms with Crippen LogP contribution in [0.15, 0.2) is 30.3 Å². The van der Waals surface area contributed by atoms with Crippen molar-refractivity contribution in [1.29, 1.82) is 0 Å². The molecule has 15 heavy (non-hydrogen) atoms. The lowest BCUT2D eigenvalue weighted by Gasteiger charge is -2.27. The summed E-state index contributed by atoms with van der Waals surface area (Å²) >= 11 is 0. The molecule has 1 fully saturated rings. The van der Waals surface area contributed by atoms with E-state index >= 15 is 0 Å². The van der Waals surface area contributed by atoms with Crippen molar-refractivity contribution in [3.63, 3.8) is 0 Å². The molecule has 1 aliphatic rings. The minimum atomic E-state index is 0.288. The third-order valence-electron chi connectivity index (χ3n) is 3.19. The normalized spacial score (nSPS) is 20.1. The summed E-state index contributed by atoms with van der Waals surface area (Å²) in [5.74, 6) is 0.638. The lowest BCUT2D eigenvalue weighted by atomic mass is 9.88. The first-order valence-corrected chi connectivity index (χ1v) is 5.73. The van der Waals surface area contributed by atoms with E-state index in [2.05, 4.69) is 24.3 Å². The lowest BCUT2D eigenvalue weighted by Crippen LogP contribution is -2.35. The first kappa shape index (κ1) is 10.7. The van der Waals surface area contributed by atoms with Crippen LogP contribution in [-0.4, -0.2) is 19.3 Å². The van der Waals surface area contributed by atoms with E-state index in [9.17, 15) is 0 Å². The van der Waals surface area contributed by atoms with Crippen molar-refractivity contribution in [3.05, 3.63) is 35.9 Å². The first-order chi connectivity index (χ1) is 7.36. The summed E-state index contributed by atoms with van der Waals surface area (Å²) in [6, 6.07) is 10.8. The summed E-state index contributed by atoms with van der Waals surface area (Å²) in [7, 11) is 0. The van der Waals surface area contributed by atoms with Gasteiger partial charge in [-0.25, -0.2) is 0 Å². The van der Waals surface area contributed by atoms with Gasteiger partial charge >= 0.3 is 0 Å². The Hall–Kier alpha value is -0.860. The monoisotopic (exact) mass is 205 g/mol. The Morgan fingerprint density at radius 3 is 2.53 bits per heavy atom. The second-order valence-corrected chi connectivity index (χ2v) is 4.30. The maximum Gasteiger partial charge on any atom is 0.0469 e. The van der Waals surface area contributed by atoms with Gasteiger partial charge < -0.3 is 10.5 Å². The first-order valence-electron chi connectivity index (χ1n) is 5.73. The molecule has 2 nitrogen and oxygen atoms in total. The van der Waals surface area contributed by atoms with Crippen molar-refractivity contribution >= 4 is 0 Å². The van der Waals surface area contributed by atoms with E-state index in [0.29, 0.717) is 5.92 Å². The van der Waals surface area contributed by atoms with Gasteiger partial charge in [0.2, 0.25) is 0 Å². The van der Waals surface area contributed by atoms with E-state index in [1.54, 1.807) is 0 Å². The van der Waals surface area contributed by atoms with Gasteiger partial charge in [0, 0.05) is 19.3 Å². The average Bonchev–Trinajstić information content (AvgIpc) is 2.31. The van der Waals surface area contributed by atoms with Gasteiger partial charge in [0.25, 0.3) is 0 Å². The van der Waals surface area contributed by atoms with Crippen LogP contribution in [0.1, 0.15) is 18.4 Å². The highest BCUT2D eigenvalue weighted by Crippen LogP contribution is 2.19. The molecule has 1 aromatic rings. The molecule has 0 amide bonds. The van der Waals surface area contributed by atoms with Crippen molar-refractivity contribution in [3.8, 4) is 0 Å². The summed E-state index contributed by atoms with van der Waals surface area (Å²) in [5, 5.41) is 0. The highest BCUT2D eigenvalue weighted by atomic mass is 16.5. The van der Waals surface area contributed by atoms with Crippen molar-refractivity contribution in [2.24, 2.45) is 11.7 Å². The lowest BCUT2D eigenvalue weighted by molar-refractivity contribution is 0.0585. The zero-order valence-electron chi connectivity index (χ0n) is 9.06. The maximum absolute atomic E-state index is 6.22. The average molecular weight is 205 g/mol. The maximum atomic E-state index is 6.22. The molecule has 2 N–H and O–H groups in total. The summed E-state index contributed by atoms with van der Waals surface area (Å²) in [6.07, 6.45) is 3.23. The van der Waals surface area contributed by atoms with Crippen LogP contribution in [0.3, 0.4) is 0 Å². The van der Waals surface area contributed by atoms with Crippen LogP contribution in [-0.2, 0) is 11.2 Å². The quantitative estimate of drug-likeness (QED) is 0.819. The summed E-state index contributed by atoms with van der Waals surface area (Å²) in [4.78, 5) is 0. The predicted molar refractivity (Wildman–Crippen MR) is 61.7 cm³/mol. The van der Waals surface area contributed by atoms with E-state index < -0.39 is 0 Å². The van der Waals surface area contributed by atoms with Crippen molar-refractivity contribution < 1.29 is 4.74 Å². The topological polar surface area (TPSA) is 35.2 Å². The molecule has 0 saturated carbocycles. The van der Waals surface area contributed by atoms with Crippen LogP contribution in [0.5, 0.6) is 0 Å². The molecule has 0 bridgehead atoms. The molecule has 0 aromatic heterocycles. The second kappa shape index (κ2) is 5.29. The molecular formula is C13H19NO. The molecule has 2 rings (SSSR count). The molecule has 2 heteroatoms. The Morgan fingerprint density at radius 2 is 1.87 bits per heavy atom. The molecule has 0 spiro atoms. The Morgan fingerprint density at radius 1 is 1.20 bits per heavy atom. The Kier molecular flexibility index (Phi) is 3.75. The van der Waals surface area contributed by atoms with Gasteiger partial charge in [-0.2, -0.15) is 0 Å². The third-order valence-corrected chi connectivity index (χ3v) is 3.19. The van der Waals surface area contributed by atoms with Crippen LogP contribution in [0.2, 0.25) is 0 Å². The fourth-order valence-electron chi connectivity index (χ4n) is 2.20. The van der Waals surface area contributed by atoms with Gasteiger partial charge in [0.15, 0.2) is 0 Å². The molecule has 0 radical (unpaired) electrons. The molecule has 1 saturated heterocycles. The third kappa shape index (κ3) is 3.05. The molecule has 1 heterocycles. The number of hydrogen-bond donors (Lipinski definition) is 1. The SMILES string of the molecule is NC(Cc1ccccc1)C1CCOCC1. The van der Waals surface area contributed by atoms with Crippen LogP contribution < -0.4 is 5.73 Å². The Balaban J connectivity index is 1.88. The van der Waals surface area contributed by atoms with E-state index in [-0.39, 0.29) is 6.04 Å². The number of rotatable bonds is 3. The highest BCUT2D eigenvalue weighted by Gasteiger charge is 2.20. The summed E-state index contributed by atoms with van der Waals surface area (Å²) in [6.45, 7) is 1.76. The van der Waals surface area contributed by atoms with Crippen LogP contribution in [0.25, 0.3) is 0 Å². The van der Waals surface area contributed by atoms with E-state index in [0.717, 1.165) is 32.5 Å². The van der Waals surface area contributed by atoms with Crippen LogP contribution >= 0.6 is 0 Å². The molecule has 1 aromatic carbocycles. The van der Waals surface area contributed by atoms with Gasteiger partial charge in [-0.15, -0.1) is 0 Å². The van der Waals surface area contributed by atoms with Gasteiger partial charge in [-0.05, 0) is 30.7 Å². The molecule has 0 aliphatic carbocycles. The highest BCUT2D eigenvalue weighted by molar-refractivity contribution is 5.16. The zero-order chi connectivity index (χ0) is 10.5. The van der Waals surface area contributed by atoms with Crippen molar-refractivity contribution in [2.45, 2.75) is 25.3 Å². The number of nitrogens with two attached hydrogens (primary N) is 1. The van der Waals surface area contributed by atoms with Gasteiger partial charge in [-0.3, -0.25) is 0 Å². The smallest absolute Gasteiger partial charge is 0.0469 e. The van der Waals surface area contributed by atoms with Gasteiger partial charge in [0.05, 0.1) is 0 Å². The molecule has 1 aliphatic heterocycles. The zero-order valence-corrected chi connectivity index (χ0v) is 9.06. The van der Waals surface area contributed by atoms with Gasteiger partial charge in [0.1, 0.15) is 0 Å². The van der Waals surface area contributed by atoms with Gasteiger partial charge in [-0.1, -0.05) is 30.3 Å². The molecular weight excluding hydrogens is 186 g/mol. The number of benzene rings is 1. The summed E-state index contributed by atoms with van der Waals surface area (Å²) < 4.78 is 5.34. The number of hydrogen-bond acceptors (Lipinski definition) is 2. The standard InChI is InChI=1S/C13H19NO/c14-13(12-6-8-15-9-7-12)10-11-4-2-1-3-5-11/h1-5,12-13H,6-10,14H2. The van der Waals surface area contributed by atoms with Crippen LogP contribution in [0, 0.1) is 5.92 Å². The van der Waals surface area contributed by atoms with E-state index in [1.165, 1.54) is 5.56 Å². The minimum Gasteiger partial charge on any atom is -0.381 e. The Labute approximate surface area is 91.4 Å². The number of ether oxygens (including phenoxy) is 1. The largest absolute Gasteiger partial charge is 0.381 e. The van der Waals surface area contributed by atoms with Crippen molar-refractivity contribution in [2.75, 3.05) is 13.2 Å². The predicted octanol–water partition coefficient (Wildman–Crippen LogP) is 1.98. The fourth-order valence-corrected chi connectivity index (χ4v) is 2.20. The van der Waals surface area contributed by atoms with Crippen molar-refractivity contribution in [1.82, 2.24) is 0 Å².